The van der Waals surface area contributed by atoms with Crippen LogP contribution in [0.5, 0.6) is 0 Å². The van der Waals surface area contributed by atoms with Crippen molar-refractivity contribution in [3.8, 4) is 0 Å². The van der Waals surface area contributed by atoms with Crippen LogP contribution in [0, 0.1) is 0 Å². The molecule has 0 unspecified atom stereocenters. The molecular weight excluding hydrogens is 283 g/mol. The maximum absolute atomic E-state index is 9.28. The molecule has 3 aromatic carbocycles. The predicted octanol–water partition coefficient (Wildman–Crippen LogP) is 4.12. The Morgan fingerprint density at radius 3 is 1.23 bits per heavy atom. The van der Waals surface area contributed by atoms with E-state index in [9.17, 15) is 1.37 Å². The standard InChI is InChI=1S/C21H23P/c1-18(2)22(19-12-6-3-7-13-19,20-14-8-4-9-15-20)21-16-10-5-11-17-21/h3-18,22H,1-2H3/i1D3,2D3,18D. The van der Waals surface area contributed by atoms with Gasteiger partial charge in [0.25, 0.3) is 0 Å². The van der Waals surface area contributed by atoms with Gasteiger partial charge < -0.3 is 0 Å². The van der Waals surface area contributed by atoms with Gasteiger partial charge in [0.05, 0.1) is 0 Å². The molecule has 0 nitrogen and oxygen atoms in total. The van der Waals surface area contributed by atoms with Gasteiger partial charge in [-0.1, -0.05) is 0 Å². The molecule has 0 amide bonds. The molecule has 0 saturated carbocycles. The van der Waals surface area contributed by atoms with Gasteiger partial charge in [0.15, 0.2) is 0 Å². The molecule has 0 aliphatic heterocycles. The topological polar surface area (TPSA) is 0 Å². The van der Waals surface area contributed by atoms with E-state index in [0.717, 1.165) is 0 Å². The van der Waals surface area contributed by atoms with Crippen molar-refractivity contribution in [1.82, 2.24) is 0 Å². The molecule has 0 saturated heterocycles. The Bertz CT molecular complexity index is 825. The van der Waals surface area contributed by atoms with Crippen molar-refractivity contribution in [1.29, 1.82) is 0 Å². The molecule has 1 heteroatoms. The van der Waals surface area contributed by atoms with Crippen LogP contribution < -0.4 is 15.9 Å². The zero-order valence-corrected chi connectivity index (χ0v) is 13.2. The van der Waals surface area contributed by atoms with Crippen molar-refractivity contribution < 1.29 is 9.60 Å². The van der Waals surface area contributed by atoms with E-state index in [1.807, 2.05) is 0 Å². The van der Waals surface area contributed by atoms with E-state index in [2.05, 4.69) is 0 Å². The summed E-state index contributed by atoms with van der Waals surface area (Å²) in [6.07, 6.45) is 0. The second kappa shape index (κ2) is 6.46. The Balaban J connectivity index is 2.60. The summed E-state index contributed by atoms with van der Waals surface area (Å²) in [6.45, 7) is -6.10. The SMILES string of the molecule is [2H]C([2H])([2H])C([2H])(C([2H])([2H])[2H])[PH](c1ccccc1)(c1ccccc1)c1ccccc1. The summed E-state index contributed by atoms with van der Waals surface area (Å²) in [5.74, 6) is 0. The van der Waals surface area contributed by atoms with Crippen LogP contribution in [-0.2, 0) is 0 Å². The summed E-state index contributed by atoms with van der Waals surface area (Å²) in [5.41, 5.74) is -2.71. The summed E-state index contributed by atoms with van der Waals surface area (Å²) >= 11 is 0. The fraction of sp³-hybridized carbons (Fsp3) is 0.143. The molecule has 0 fully saturated rings. The fourth-order valence-corrected chi connectivity index (χ4v) is 6.94. The van der Waals surface area contributed by atoms with Crippen LogP contribution in [0.2, 0.25) is 0 Å². The van der Waals surface area contributed by atoms with Gasteiger partial charge in [0, 0.05) is 0 Å². The third-order valence-electron chi connectivity index (χ3n) is 4.00. The molecule has 0 aliphatic rings. The molecule has 0 heterocycles. The van der Waals surface area contributed by atoms with Gasteiger partial charge in [-0.15, -0.1) is 0 Å². The van der Waals surface area contributed by atoms with Gasteiger partial charge in [-0.3, -0.25) is 0 Å². The van der Waals surface area contributed by atoms with Crippen molar-refractivity contribution >= 4 is 23.2 Å². The number of rotatable bonds is 4. The van der Waals surface area contributed by atoms with E-state index in [4.69, 9.17) is 8.22 Å². The number of hydrogen-bond donors (Lipinski definition) is 0. The second-order valence-electron chi connectivity index (χ2n) is 5.22. The van der Waals surface area contributed by atoms with Crippen LogP contribution in [0.4, 0.5) is 0 Å². The quantitative estimate of drug-likeness (QED) is 0.636. The van der Waals surface area contributed by atoms with E-state index in [-0.39, 0.29) is 0 Å². The van der Waals surface area contributed by atoms with Crippen molar-refractivity contribution in [3.63, 3.8) is 0 Å². The normalized spacial score (nSPS) is 18.6. The molecule has 0 aromatic heterocycles. The minimum atomic E-state index is -3.91. The average molecular weight is 313 g/mol. The molecule has 0 spiro atoms. The first-order valence-corrected chi connectivity index (χ1v) is 9.23. The zero-order valence-electron chi connectivity index (χ0n) is 19.2. The predicted molar refractivity (Wildman–Crippen MR) is 102 cm³/mol. The third kappa shape index (κ3) is 2.49. The monoisotopic (exact) mass is 313 g/mol. The summed E-state index contributed by atoms with van der Waals surface area (Å²) in [7, 11) is -3.91. The van der Waals surface area contributed by atoms with E-state index in [1.54, 1.807) is 91.0 Å². The minimum absolute atomic E-state index is 0.583. The zero-order chi connectivity index (χ0) is 21.3. The molecule has 3 rings (SSSR count). The van der Waals surface area contributed by atoms with Gasteiger partial charge >= 0.3 is 143 Å². The van der Waals surface area contributed by atoms with Gasteiger partial charge in [0.1, 0.15) is 0 Å². The van der Waals surface area contributed by atoms with Crippen molar-refractivity contribution in [3.05, 3.63) is 91.0 Å². The first-order chi connectivity index (χ1) is 13.6. The number of benzene rings is 3. The van der Waals surface area contributed by atoms with Crippen molar-refractivity contribution in [2.45, 2.75) is 19.3 Å². The molecular formula is C21H23P. The van der Waals surface area contributed by atoms with Crippen molar-refractivity contribution in [2.24, 2.45) is 0 Å². The first-order valence-electron chi connectivity index (χ1n) is 10.7. The molecule has 0 bridgehead atoms. The summed E-state index contributed by atoms with van der Waals surface area (Å²) in [5, 5.41) is 1.75. The molecule has 0 atom stereocenters. The summed E-state index contributed by atoms with van der Waals surface area (Å²) in [4.78, 5) is 0. The number of hydrogen-bond acceptors (Lipinski definition) is 0. The van der Waals surface area contributed by atoms with Crippen molar-refractivity contribution in [2.75, 3.05) is 0 Å². The maximum atomic E-state index is 9.28. The van der Waals surface area contributed by atoms with Crippen LogP contribution in [0.1, 0.15) is 23.3 Å². The van der Waals surface area contributed by atoms with E-state index in [1.165, 1.54) is 0 Å². The second-order valence-corrected chi connectivity index (χ2v) is 8.96. The van der Waals surface area contributed by atoms with Gasteiger partial charge in [-0.25, -0.2) is 0 Å². The van der Waals surface area contributed by atoms with Gasteiger partial charge in [0.2, 0.25) is 0 Å². The van der Waals surface area contributed by atoms with E-state index in [0.29, 0.717) is 15.9 Å². The van der Waals surface area contributed by atoms with Gasteiger partial charge in [-0.05, 0) is 0 Å². The average Bonchev–Trinajstić information content (AvgIpc) is 2.69. The fourth-order valence-electron chi connectivity index (χ4n) is 3.00. The molecule has 0 radical (unpaired) electrons. The van der Waals surface area contributed by atoms with Gasteiger partial charge in [-0.2, -0.15) is 0 Å². The Morgan fingerprint density at radius 1 is 0.636 bits per heavy atom. The molecule has 3 aromatic rings. The van der Waals surface area contributed by atoms with Crippen LogP contribution in [0.25, 0.3) is 0 Å². The van der Waals surface area contributed by atoms with E-state index < -0.39 is 26.6 Å². The van der Waals surface area contributed by atoms with E-state index >= 15 is 0 Å². The summed E-state index contributed by atoms with van der Waals surface area (Å²) < 4.78 is 58.9. The third-order valence-corrected chi connectivity index (χ3v) is 8.34. The van der Waals surface area contributed by atoms with Crippen LogP contribution >= 0.6 is 7.26 Å². The summed E-state index contributed by atoms with van der Waals surface area (Å²) in [6, 6.07) is 26.5. The molecule has 0 aliphatic carbocycles. The molecule has 22 heavy (non-hydrogen) atoms. The first kappa shape index (κ1) is 8.65. The van der Waals surface area contributed by atoms with Crippen LogP contribution in [0.3, 0.4) is 0 Å². The van der Waals surface area contributed by atoms with Crippen LogP contribution in [0.15, 0.2) is 91.0 Å². The Morgan fingerprint density at radius 2 is 0.955 bits per heavy atom. The Labute approximate surface area is 144 Å². The Kier molecular flexibility index (Phi) is 2.54. The molecule has 112 valence electrons. The molecule has 0 N–H and O–H groups in total. The Hall–Kier alpha value is -1.91. The van der Waals surface area contributed by atoms with Crippen LogP contribution in [-0.4, -0.2) is 5.64 Å².